The summed E-state index contributed by atoms with van der Waals surface area (Å²) >= 11 is 3.33. The van der Waals surface area contributed by atoms with Crippen LogP contribution in [0.4, 0.5) is 11.4 Å². The minimum Gasteiger partial charge on any atom is -0.397 e. The number of benzene rings is 1. The number of halogens is 1. The first-order chi connectivity index (χ1) is 7.04. The Labute approximate surface area is 97.4 Å². The minimum atomic E-state index is -0.362. The average molecular weight is 272 g/mol. The summed E-state index contributed by atoms with van der Waals surface area (Å²) in [4.78, 5) is 12.7. The van der Waals surface area contributed by atoms with E-state index in [0.717, 1.165) is 10.2 Å². The van der Waals surface area contributed by atoms with Crippen molar-refractivity contribution >= 4 is 33.2 Å². The van der Waals surface area contributed by atoms with Gasteiger partial charge in [-0.1, -0.05) is 15.9 Å². The number of carbonyl (C=O) groups is 1. The number of hydrogen-bond donors (Lipinski definition) is 2. The van der Waals surface area contributed by atoms with Gasteiger partial charge in [-0.2, -0.15) is 0 Å². The molecule has 0 saturated heterocycles. The molecular weight excluding hydrogens is 258 g/mol. The van der Waals surface area contributed by atoms with Gasteiger partial charge in [-0.25, -0.2) is 0 Å². The van der Waals surface area contributed by atoms with Gasteiger partial charge in [0.2, 0.25) is 5.91 Å². The van der Waals surface area contributed by atoms with Crippen LogP contribution in [0.25, 0.3) is 0 Å². The largest absolute Gasteiger partial charge is 0.397 e. The van der Waals surface area contributed by atoms with Crippen molar-refractivity contribution in [3.8, 4) is 0 Å². The molecule has 0 bridgehead atoms. The molecule has 1 rings (SSSR count). The number of likely N-dealkylation sites (N-methyl/N-ethyl adjacent to an activating group) is 1. The third-order valence-corrected chi connectivity index (χ3v) is 2.55. The number of nitrogen functional groups attached to an aromatic ring is 1. The predicted octanol–water partition coefficient (Wildman–Crippen LogP) is 1.34. The summed E-state index contributed by atoms with van der Waals surface area (Å²) < 4.78 is 0.916. The van der Waals surface area contributed by atoms with Crippen LogP contribution in [0.5, 0.6) is 0 Å². The van der Waals surface area contributed by atoms with Crippen LogP contribution in [0.15, 0.2) is 22.7 Å². The summed E-state index contributed by atoms with van der Waals surface area (Å²) in [6, 6.07) is 5.56. The van der Waals surface area contributed by atoms with E-state index in [4.69, 9.17) is 11.5 Å². The fourth-order valence-corrected chi connectivity index (χ4v) is 1.75. The zero-order valence-electron chi connectivity index (χ0n) is 8.53. The summed E-state index contributed by atoms with van der Waals surface area (Å²) in [7, 11) is 0. The molecule has 0 spiro atoms. The zero-order chi connectivity index (χ0) is 11.4. The van der Waals surface area contributed by atoms with Crippen molar-refractivity contribution in [2.75, 3.05) is 23.7 Å². The van der Waals surface area contributed by atoms with Gasteiger partial charge in [-0.05, 0) is 25.1 Å². The molecule has 4 nitrogen and oxygen atoms in total. The van der Waals surface area contributed by atoms with Crippen molar-refractivity contribution in [1.82, 2.24) is 0 Å². The van der Waals surface area contributed by atoms with Gasteiger partial charge in [0.1, 0.15) is 0 Å². The van der Waals surface area contributed by atoms with Crippen LogP contribution in [0.1, 0.15) is 6.92 Å². The predicted molar refractivity (Wildman–Crippen MR) is 65.6 cm³/mol. The second kappa shape index (κ2) is 5.02. The lowest BCUT2D eigenvalue weighted by Gasteiger charge is -2.22. The molecule has 0 fully saturated rings. The molecular formula is C10H14BrN3O. The van der Waals surface area contributed by atoms with E-state index in [2.05, 4.69) is 15.9 Å². The summed E-state index contributed by atoms with van der Waals surface area (Å²) in [6.45, 7) is 2.82. The van der Waals surface area contributed by atoms with Gasteiger partial charge in [0, 0.05) is 11.0 Å². The third kappa shape index (κ3) is 3.13. The van der Waals surface area contributed by atoms with Crippen molar-refractivity contribution in [3.05, 3.63) is 22.7 Å². The smallest absolute Gasteiger partial charge is 0.236 e. The number of hydrogen-bond acceptors (Lipinski definition) is 3. The molecule has 0 heterocycles. The fourth-order valence-electron chi connectivity index (χ4n) is 1.37. The third-order valence-electron chi connectivity index (χ3n) is 2.06. The molecule has 0 aromatic heterocycles. The first-order valence-corrected chi connectivity index (χ1v) is 5.42. The standard InChI is InChI=1S/C10H14BrN3O/c1-2-14(6-10(13)15)9-4-3-7(11)5-8(9)12/h3-5H,2,6,12H2,1H3,(H2,13,15). The topological polar surface area (TPSA) is 72.3 Å². The molecule has 0 atom stereocenters. The average Bonchev–Trinajstić information content (AvgIpc) is 2.14. The molecule has 82 valence electrons. The van der Waals surface area contributed by atoms with Crippen LogP contribution in [0, 0.1) is 0 Å². The number of carbonyl (C=O) groups excluding carboxylic acids is 1. The Morgan fingerprint density at radius 2 is 2.20 bits per heavy atom. The monoisotopic (exact) mass is 271 g/mol. The molecule has 0 aliphatic heterocycles. The molecule has 0 aliphatic rings. The molecule has 0 unspecified atom stereocenters. The second-order valence-corrected chi connectivity index (χ2v) is 4.10. The highest BCUT2D eigenvalue weighted by molar-refractivity contribution is 9.10. The van der Waals surface area contributed by atoms with E-state index >= 15 is 0 Å². The Bertz CT molecular complexity index is 368. The van der Waals surface area contributed by atoms with E-state index in [1.54, 1.807) is 6.07 Å². The Balaban J connectivity index is 2.96. The molecule has 5 heteroatoms. The molecule has 15 heavy (non-hydrogen) atoms. The van der Waals surface area contributed by atoms with Gasteiger partial charge < -0.3 is 16.4 Å². The number of anilines is 2. The fraction of sp³-hybridized carbons (Fsp3) is 0.300. The summed E-state index contributed by atoms with van der Waals surface area (Å²) in [6.07, 6.45) is 0. The quantitative estimate of drug-likeness (QED) is 0.812. The van der Waals surface area contributed by atoms with Gasteiger partial charge in [0.05, 0.1) is 17.9 Å². The highest BCUT2D eigenvalue weighted by Gasteiger charge is 2.10. The van der Waals surface area contributed by atoms with Crippen LogP contribution in [0.2, 0.25) is 0 Å². The molecule has 1 amide bonds. The van der Waals surface area contributed by atoms with E-state index in [1.807, 2.05) is 24.0 Å². The Kier molecular flexibility index (Phi) is 3.96. The van der Waals surface area contributed by atoms with E-state index in [-0.39, 0.29) is 12.5 Å². The first kappa shape index (κ1) is 11.8. The van der Waals surface area contributed by atoms with Crippen LogP contribution in [0.3, 0.4) is 0 Å². The maximum absolute atomic E-state index is 10.9. The summed E-state index contributed by atoms with van der Waals surface area (Å²) in [5.41, 5.74) is 12.5. The molecule has 0 saturated carbocycles. The SMILES string of the molecule is CCN(CC(N)=O)c1ccc(Br)cc1N. The van der Waals surface area contributed by atoms with Crippen LogP contribution in [-0.2, 0) is 4.79 Å². The van der Waals surface area contributed by atoms with Crippen molar-refractivity contribution in [2.24, 2.45) is 5.73 Å². The normalized spacial score (nSPS) is 10.0. The molecule has 1 aromatic rings. The van der Waals surface area contributed by atoms with Crippen molar-refractivity contribution in [3.63, 3.8) is 0 Å². The zero-order valence-corrected chi connectivity index (χ0v) is 10.1. The lowest BCUT2D eigenvalue weighted by atomic mass is 10.2. The van der Waals surface area contributed by atoms with Gasteiger partial charge in [0.15, 0.2) is 0 Å². The van der Waals surface area contributed by atoms with E-state index < -0.39 is 0 Å². The van der Waals surface area contributed by atoms with Crippen LogP contribution >= 0.6 is 15.9 Å². The number of primary amides is 1. The summed E-state index contributed by atoms with van der Waals surface area (Å²) in [5.74, 6) is -0.362. The van der Waals surface area contributed by atoms with Crippen LogP contribution in [-0.4, -0.2) is 19.0 Å². The number of amides is 1. The van der Waals surface area contributed by atoms with Crippen molar-refractivity contribution in [1.29, 1.82) is 0 Å². The van der Waals surface area contributed by atoms with Gasteiger partial charge >= 0.3 is 0 Å². The number of rotatable bonds is 4. The molecule has 0 aliphatic carbocycles. The van der Waals surface area contributed by atoms with Gasteiger partial charge in [-0.15, -0.1) is 0 Å². The Hall–Kier alpha value is -1.23. The van der Waals surface area contributed by atoms with Crippen LogP contribution < -0.4 is 16.4 Å². The van der Waals surface area contributed by atoms with E-state index in [0.29, 0.717) is 12.2 Å². The lowest BCUT2D eigenvalue weighted by molar-refractivity contribution is -0.116. The highest BCUT2D eigenvalue weighted by atomic mass is 79.9. The highest BCUT2D eigenvalue weighted by Crippen LogP contribution is 2.26. The van der Waals surface area contributed by atoms with Gasteiger partial charge in [0.25, 0.3) is 0 Å². The maximum atomic E-state index is 10.9. The van der Waals surface area contributed by atoms with Crippen molar-refractivity contribution in [2.45, 2.75) is 6.92 Å². The molecule has 4 N–H and O–H groups in total. The van der Waals surface area contributed by atoms with Gasteiger partial charge in [-0.3, -0.25) is 4.79 Å². The number of nitrogens with two attached hydrogens (primary N) is 2. The Morgan fingerprint density at radius 3 is 2.67 bits per heavy atom. The Morgan fingerprint density at radius 1 is 1.53 bits per heavy atom. The van der Waals surface area contributed by atoms with Crippen molar-refractivity contribution < 1.29 is 4.79 Å². The molecule has 1 aromatic carbocycles. The minimum absolute atomic E-state index is 0.183. The second-order valence-electron chi connectivity index (χ2n) is 3.18. The van der Waals surface area contributed by atoms with E-state index in [1.165, 1.54) is 0 Å². The first-order valence-electron chi connectivity index (χ1n) is 4.63. The number of nitrogens with zero attached hydrogens (tertiary/aromatic N) is 1. The lowest BCUT2D eigenvalue weighted by Crippen LogP contribution is -2.34. The summed E-state index contributed by atoms with van der Waals surface area (Å²) in [5, 5.41) is 0. The van der Waals surface area contributed by atoms with E-state index in [9.17, 15) is 4.79 Å². The maximum Gasteiger partial charge on any atom is 0.236 e. The molecule has 0 radical (unpaired) electrons.